The third-order valence-electron chi connectivity index (χ3n) is 2.94. The molecule has 1 heterocycles. The number of ether oxygens (including phenoxy) is 1. The molecule has 0 aliphatic carbocycles. The van der Waals surface area contributed by atoms with Crippen LogP contribution in [0.3, 0.4) is 0 Å². The standard InChI is InChI=1S/C13H16BrN3OS2/c1-18-11-5-3-2-4-10(11)6-8-20(17-13(15)19)9-7-16-12(20)14/h2-5,7,9H,6,8H2,1H3,(H3,15,17,19). The number of nitrogens with two attached hydrogens (primary N) is 1. The normalized spacial score (nSPS) is 23.8. The van der Waals surface area contributed by atoms with E-state index in [-0.39, 0.29) is 0 Å². The van der Waals surface area contributed by atoms with Gasteiger partial charge in [0.05, 0.1) is 7.11 Å². The number of para-hydroxylation sites is 1. The van der Waals surface area contributed by atoms with Crippen LogP contribution < -0.4 is 15.2 Å². The van der Waals surface area contributed by atoms with Crippen LogP contribution in [0.1, 0.15) is 5.56 Å². The fraction of sp³-hybridized carbons (Fsp3) is 0.231. The average Bonchev–Trinajstić information content (AvgIpc) is 2.77. The second-order valence-corrected chi connectivity index (χ2v) is 8.77. The third-order valence-corrected chi connectivity index (χ3v) is 7.83. The number of nitrogens with one attached hydrogen (secondary N) is 1. The Labute approximate surface area is 134 Å². The van der Waals surface area contributed by atoms with Gasteiger partial charge in [0.15, 0.2) is 5.11 Å². The molecule has 0 bridgehead atoms. The Hall–Kier alpha value is -1.05. The van der Waals surface area contributed by atoms with Crippen LogP contribution in [0.2, 0.25) is 0 Å². The Kier molecular flexibility index (Phi) is 5.06. The average molecular weight is 374 g/mol. The number of benzene rings is 1. The van der Waals surface area contributed by atoms with Crippen molar-refractivity contribution in [2.24, 2.45) is 10.7 Å². The van der Waals surface area contributed by atoms with Crippen LogP contribution in [-0.2, 0) is 6.42 Å². The molecule has 1 unspecified atom stereocenters. The quantitative estimate of drug-likeness (QED) is 0.778. The Morgan fingerprint density at radius 1 is 1.50 bits per heavy atom. The highest BCUT2D eigenvalue weighted by molar-refractivity contribution is 9.23. The molecule has 7 heteroatoms. The summed E-state index contributed by atoms with van der Waals surface area (Å²) in [6.07, 6.45) is 2.64. The van der Waals surface area contributed by atoms with Gasteiger partial charge in [-0.25, -0.2) is 4.99 Å². The second kappa shape index (κ2) is 6.60. The SMILES string of the molecule is COc1ccccc1CCS1(NC(N)=S)C=CN=C1Br. The first-order chi connectivity index (χ1) is 9.57. The zero-order valence-corrected chi connectivity index (χ0v) is 14.2. The van der Waals surface area contributed by atoms with Crippen LogP contribution in [0.25, 0.3) is 0 Å². The largest absolute Gasteiger partial charge is 0.496 e. The van der Waals surface area contributed by atoms with Crippen molar-refractivity contribution in [1.29, 1.82) is 0 Å². The molecule has 1 aliphatic heterocycles. The molecule has 1 aromatic carbocycles. The number of rotatable bonds is 5. The van der Waals surface area contributed by atoms with Crippen LogP contribution in [0.4, 0.5) is 0 Å². The van der Waals surface area contributed by atoms with Gasteiger partial charge >= 0.3 is 0 Å². The van der Waals surface area contributed by atoms with Crippen molar-refractivity contribution in [3.63, 3.8) is 0 Å². The van der Waals surface area contributed by atoms with E-state index in [1.165, 1.54) is 0 Å². The van der Waals surface area contributed by atoms with Crippen LogP contribution in [0.15, 0.2) is 40.9 Å². The predicted octanol–water partition coefficient (Wildman–Crippen LogP) is 3.03. The summed E-state index contributed by atoms with van der Waals surface area (Å²) in [7, 11) is 0.234. The highest BCUT2D eigenvalue weighted by Crippen LogP contribution is 2.52. The molecule has 0 amide bonds. The van der Waals surface area contributed by atoms with Gasteiger partial charge < -0.3 is 15.2 Å². The minimum absolute atomic E-state index is 0.290. The summed E-state index contributed by atoms with van der Waals surface area (Å²) in [4.78, 5) is 4.28. The molecule has 2 rings (SSSR count). The second-order valence-electron chi connectivity index (χ2n) is 4.19. The first-order valence-corrected chi connectivity index (χ1v) is 9.04. The van der Waals surface area contributed by atoms with E-state index >= 15 is 0 Å². The van der Waals surface area contributed by atoms with Crippen LogP contribution in [0, 0.1) is 0 Å². The van der Waals surface area contributed by atoms with Gasteiger partial charge in [0.1, 0.15) is 9.70 Å². The van der Waals surface area contributed by atoms with Crippen molar-refractivity contribution in [3.8, 4) is 5.75 Å². The third kappa shape index (κ3) is 3.34. The van der Waals surface area contributed by atoms with Gasteiger partial charge in [0.25, 0.3) is 0 Å². The van der Waals surface area contributed by atoms with Crippen molar-refractivity contribution >= 4 is 47.4 Å². The molecule has 0 saturated heterocycles. The van der Waals surface area contributed by atoms with E-state index in [4.69, 9.17) is 22.7 Å². The summed E-state index contributed by atoms with van der Waals surface area (Å²) in [5.41, 5.74) is 6.81. The van der Waals surface area contributed by atoms with E-state index in [1.54, 1.807) is 13.3 Å². The van der Waals surface area contributed by atoms with Crippen molar-refractivity contribution in [2.45, 2.75) is 6.42 Å². The van der Waals surface area contributed by atoms with Crippen molar-refractivity contribution in [1.82, 2.24) is 4.72 Å². The fourth-order valence-electron chi connectivity index (χ4n) is 1.98. The lowest BCUT2D eigenvalue weighted by molar-refractivity contribution is 0.410. The molecule has 1 aliphatic rings. The van der Waals surface area contributed by atoms with Crippen molar-refractivity contribution in [3.05, 3.63) is 41.4 Å². The summed E-state index contributed by atoms with van der Waals surface area (Å²) in [6, 6.07) is 8.00. The number of halogens is 1. The lowest BCUT2D eigenvalue weighted by Crippen LogP contribution is -2.34. The molecule has 0 radical (unpaired) electrons. The molecule has 108 valence electrons. The monoisotopic (exact) mass is 373 g/mol. The Morgan fingerprint density at radius 2 is 2.25 bits per heavy atom. The molecule has 0 spiro atoms. The van der Waals surface area contributed by atoms with Crippen LogP contribution in [-0.4, -0.2) is 21.9 Å². The van der Waals surface area contributed by atoms with Gasteiger partial charge in [-0.15, -0.1) is 0 Å². The van der Waals surface area contributed by atoms with Crippen LogP contribution >= 0.6 is 38.4 Å². The molecule has 0 fully saturated rings. The Morgan fingerprint density at radius 3 is 2.85 bits per heavy atom. The maximum Gasteiger partial charge on any atom is 0.173 e. The minimum Gasteiger partial charge on any atom is -0.496 e. The van der Waals surface area contributed by atoms with Crippen molar-refractivity contribution in [2.75, 3.05) is 12.9 Å². The molecule has 0 saturated carbocycles. The first-order valence-electron chi connectivity index (χ1n) is 5.97. The van der Waals surface area contributed by atoms with E-state index in [0.29, 0.717) is 5.11 Å². The van der Waals surface area contributed by atoms with Gasteiger partial charge in [-0.2, -0.15) is 0 Å². The lowest BCUT2D eigenvalue weighted by atomic mass is 10.1. The number of thiocarbonyl (C=S) groups is 1. The van der Waals surface area contributed by atoms with Gasteiger partial charge in [-0.1, -0.05) is 28.4 Å². The molecule has 4 nitrogen and oxygen atoms in total. The minimum atomic E-state index is -1.45. The number of aliphatic imine (C=N–C) groups is 1. The molecular formula is C13H16BrN3OS2. The smallest absolute Gasteiger partial charge is 0.173 e. The lowest BCUT2D eigenvalue weighted by Gasteiger charge is -2.34. The Balaban J connectivity index is 2.16. The van der Waals surface area contributed by atoms with Gasteiger partial charge in [-0.05, 0) is 51.6 Å². The maximum atomic E-state index is 5.65. The molecule has 0 aromatic heterocycles. The number of hydrogen-bond acceptors (Lipinski definition) is 3. The first kappa shape index (κ1) is 15.3. The van der Waals surface area contributed by atoms with E-state index in [1.807, 2.05) is 23.6 Å². The highest BCUT2D eigenvalue weighted by atomic mass is 79.9. The molecule has 3 N–H and O–H groups in total. The summed E-state index contributed by atoms with van der Waals surface area (Å²) < 4.78 is 9.45. The maximum absolute atomic E-state index is 5.65. The van der Waals surface area contributed by atoms with E-state index in [0.717, 1.165) is 27.4 Å². The zero-order chi connectivity index (χ0) is 14.6. The number of aryl methyl sites for hydroxylation is 1. The summed E-state index contributed by atoms with van der Waals surface area (Å²) in [6.45, 7) is 0. The predicted molar refractivity (Wildman–Crippen MR) is 94.6 cm³/mol. The topological polar surface area (TPSA) is 59.6 Å². The zero-order valence-electron chi connectivity index (χ0n) is 11.0. The summed E-state index contributed by atoms with van der Waals surface area (Å²) >= 11 is 8.50. The van der Waals surface area contributed by atoms with Crippen LogP contribution in [0.5, 0.6) is 5.75 Å². The molecule has 1 aromatic rings. The van der Waals surface area contributed by atoms with E-state index in [9.17, 15) is 0 Å². The Bertz CT molecular complexity index is 576. The summed E-state index contributed by atoms with van der Waals surface area (Å²) in [5, 5.41) is 2.34. The number of nitrogens with zero attached hydrogens (tertiary/aromatic N) is 1. The van der Waals surface area contributed by atoms with Gasteiger partial charge in [0, 0.05) is 12.0 Å². The number of hydrogen-bond donors (Lipinski definition) is 2. The molecule has 1 atom stereocenters. The van der Waals surface area contributed by atoms with E-state index < -0.39 is 10.2 Å². The summed E-state index contributed by atoms with van der Waals surface area (Å²) in [5.74, 6) is 1.75. The highest BCUT2D eigenvalue weighted by Gasteiger charge is 2.29. The molecular weight excluding hydrogens is 358 g/mol. The molecule has 20 heavy (non-hydrogen) atoms. The number of methoxy groups -OCH3 is 1. The van der Waals surface area contributed by atoms with Crippen molar-refractivity contribution < 1.29 is 4.74 Å². The van der Waals surface area contributed by atoms with Gasteiger partial charge in [0.2, 0.25) is 0 Å². The van der Waals surface area contributed by atoms with E-state index in [2.05, 4.69) is 31.7 Å². The van der Waals surface area contributed by atoms with Gasteiger partial charge in [-0.3, -0.25) is 0 Å². The fourth-order valence-corrected chi connectivity index (χ4v) is 5.69.